The van der Waals surface area contributed by atoms with Crippen LogP contribution in [0.1, 0.15) is 18.1 Å². The average molecular weight is 259 g/mol. The van der Waals surface area contributed by atoms with E-state index in [0.717, 1.165) is 29.0 Å². The Morgan fingerprint density at radius 1 is 1.11 bits per heavy atom. The summed E-state index contributed by atoms with van der Waals surface area (Å²) in [5.74, 6) is -0.244. The molecule has 0 amide bonds. The fourth-order valence-electron chi connectivity index (χ4n) is 2.22. The van der Waals surface area contributed by atoms with Gasteiger partial charge in [0.2, 0.25) is 0 Å². The quantitative estimate of drug-likeness (QED) is 0.903. The third-order valence-corrected chi connectivity index (χ3v) is 3.15. The maximum Gasteiger partial charge on any atom is 0.123 e. The van der Waals surface area contributed by atoms with Crippen molar-refractivity contribution in [3.8, 4) is 0 Å². The molecule has 0 fully saturated rings. The molecule has 0 unspecified atom stereocenters. The number of aliphatic hydroxyl groups is 1. The van der Waals surface area contributed by atoms with E-state index in [-0.39, 0.29) is 12.4 Å². The Morgan fingerprint density at radius 3 is 2.37 bits per heavy atom. The standard InChI is InChI=1S/C16H18FNO/c1-3-18(15-7-5-14(17)6-8-15)16-9-4-12(2)10-13(16)11-19/h4-10,19H,3,11H2,1-2H3. The van der Waals surface area contributed by atoms with Gasteiger partial charge in [-0.25, -0.2) is 4.39 Å². The molecule has 19 heavy (non-hydrogen) atoms. The molecule has 0 aliphatic carbocycles. The van der Waals surface area contributed by atoms with Crippen molar-refractivity contribution in [3.05, 3.63) is 59.4 Å². The molecule has 2 nitrogen and oxygen atoms in total. The summed E-state index contributed by atoms with van der Waals surface area (Å²) in [4.78, 5) is 2.06. The van der Waals surface area contributed by atoms with Crippen LogP contribution >= 0.6 is 0 Å². The third-order valence-electron chi connectivity index (χ3n) is 3.15. The highest BCUT2D eigenvalue weighted by Gasteiger charge is 2.11. The minimum Gasteiger partial charge on any atom is -0.392 e. The molecule has 0 aliphatic heterocycles. The number of aryl methyl sites for hydroxylation is 1. The molecule has 0 bridgehead atoms. The summed E-state index contributed by atoms with van der Waals surface area (Å²) in [7, 11) is 0. The maximum atomic E-state index is 13.0. The Kier molecular flexibility index (Phi) is 4.17. The fraction of sp³-hybridized carbons (Fsp3) is 0.250. The van der Waals surface area contributed by atoms with E-state index in [4.69, 9.17) is 0 Å². The number of nitrogens with zero attached hydrogens (tertiary/aromatic N) is 1. The van der Waals surface area contributed by atoms with Gasteiger partial charge in [0.25, 0.3) is 0 Å². The molecule has 2 aromatic rings. The van der Waals surface area contributed by atoms with Gasteiger partial charge in [0.1, 0.15) is 5.82 Å². The van der Waals surface area contributed by atoms with Crippen LogP contribution in [0.2, 0.25) is 0 Å². The lowest BCUT2D eigenvalue weighted by Gasteiger charge is -2.25. The Labute approximate surface area is 113 Å². The topological polar surface area (TPSA) is 23.5 Å². The van der Waals surface area contributed by atoms with Gasteiger partial charge in [-0.05, 0) is 44.2 Å². The number of hydrogen-bond donors (Lipinski definition) is 1. The molecular weight excluding hydrogens is 241 g/mol. The van der Waals surface area contributed by atoms with Gasteiger partial charge >= 0.3 is 0 Å². The van der Waals surface area contributed by atoms with Gasteiger partial charge in [-0.2, -0.15) is 0 Å². The first kappa shape index (κ1) is 13.6. The van der Waals surface area contributed by atoms with E-state index in [1.54, 1.807) is 12.1 Å². The summed E-state index contributed by atoms with van der Waals surface area (Å²) < 4.78 is 13.0. The smallest absolute Gasteiger partial charge is 0.123 e. The molecule has 1 N–H and O–H groups in total. The van der Waals surface area contributed by atoms with E-state index >= 15 is 0 Å². The Balaban J connectivity index is 2.44. The summed E-state index contributed by atoms with van der Waals surface area (Å²) in [6.45, 7) is 4.78. The van der Waals surface area contributed by atoms with Crippen LogP contribution in [0.25, 0.3) is 0 Å². The number of rotatable bonds is 4. The third kappa shape index (κ3) is 2.93. The van der Waals surface area contributed by atoms with Crippen LogP contribution in [0, 0.1) is 12.7 Å². The van der Waals surface area contributed by atoms with Gasteiger partial charge in [0.05, 0.1) is 6.61 Å². The molecule has 3 heteroatoms. The van der Waals surface area contributed by atoms with Crippen LogP contribution in [0.3, 0.4) is 0 Å². The molecule has 100 valence electrons. The molecule has 0 aliphatic rings. The van der Waals surface area contributed by atoms with E-state index in [2.05, 4.69) is 4.90 Å². The van der Waals surface area contributed by atoms with Crippen molar-refractivity contribution >= 4 is 11.4 Å². The number of anilines is 2. The molecule has 0 heterocycles. The fourth-order valence-corrected chi connectivity index (χ4v) is 2.22. The predicted molar refractivity (Wildman–Crippen MR) is 76.2 cm³/mol. The number of benzene rings is 2. The zero-order chi connectivity index (χ0) is 13.8. The lowest BCUT2D eigenvalue weighted by Crippen LogP contribution is -2.17. The normalized spacial score (nSPS) is 10.5. The average Bonchev–Trinajstić information content (AvgIpc) is 2.43. The second kappa shape index (κ2) is 5.85. The molecular formula is C16H18FNO. The second-order valence-electron chi connectivity index (χ2n) is 4.51. The number of halogens is 1. The molecule has 2 aromatic carbocycles. The van der Waals surface area contributed by atoms with Crippen molar-refractivity contribution < 1.29 is 9.50 Å². The number of aliphatic hydroxyl groups excluding tert-OH is 1. The molecule has 0 atom stereocenters. The van der Waals surface area contributed by atoms with Crippen LogP contribution in [0.15, 0.2) is 42.5 Å². The summed E-state index contributed by atoms with van der Waals surface area (Å²) in [5, 5.41) is 9.49. The lowest BCUT2D eigenvalue weighted by atomic mass is 10.1. The first-order valence-electron chi connectivity index (χ1n) is 6.39. The van der Waals surface area contributed by atoms with Crippen molar-refractivity contribution in [1.82, 2.24) is 0 Å². The zero-order valence-electron chi connectivity index (χ0n) is 11.2. The van der Waals surface area contributed by atoms with Crippen molar-refractivity contribution in [3.63, 3.8) is 0 Å². The van der Waals surface area contributed by atoms with Crippen molar-refractivity contribution in [2.45, 2.75) is 20.5 Å². The highest BCUT2D eigenvalue weighted by Crippen LogP contribution is 2.29. The zero-order valence-corrected chi connectivity index (χ0v) is 11.2. The van der Waals surface area contributed by atoms with Gasteiger partial charge < -0.3 is 10.0 Å². The van der Waals surface area contributed by atoms with Gasteiger partial charge in [0.15, 0.2) is 0 Å². The van der Waals surface area contributed by atoms with Crippen LogP contribution in [-0.2, 0) is 6.61 Å². The van der Waals surface area contributed by atoms with Gasteiger partial charge in [-0.15, -0.1) is 0 Å². The summed E-state index contributed by atoms with van der Waals surface area (Å²) in [5.41, 5.74) is 3.87. The van der Waals surface area contributed by atoms with Crippen molar-refractivity contribution in [1.29, 1.82) is 0 Å². The Hall–Kier alpha value is -1.87. The monoisotopic (exact) mass is 259 g/mol. The summed E-state index contributed by atoms with van der Waals surface area (Å²) in [6, 6.07) is 12.4. The first-order chi connectivity index (χ1) is 9.15. The van der Waals surface area contributed by atoms with E-state index < -0.39 is 0 Å². The van der Waals surface area contributed by atoms with E-state index in [9.17, 15) is 9.50 Å². The summed E-state index contributed by atoms with van der Waals surface area (Å²) >= 11 is 0. The van der Waals surface area contributed by atoms with Gasteiger partial charge in [-0.3, -0.25) is 0 Å². The van der Waals surface area contributed by atoms with Crippen LogP contribution in [-0.4, -0.2) is 11.7 Å². The highest BCUT2D eigenvalue weighted by atomic mass is 19.1. The molecule has 2 rings (SSSR count). The predicted octanol–water partition coefficient (Wildman–Crippen LogP) is 3.78. The van der Waals surface area contributed by atoms with E-state index in [0.29, 0.717) is 0 Å². The Morgan fingerprint density at radius 2 is 1.79 bits per heavy atom. The van der Waals surface area contributed by atoms with Crippen molar-refractivity contribution in [2.24, 2.45) is 0 Å². The van der Waals surface area contributed by atoms with E-state index in [1.807, 2.05) is 32.0 Å². The van der Waals surface area contributed by atoms with Crippen LogP contribution < -0.4 is 4.90 Å². The van der Waals surface area contributed by atoms with Crippen molar-refractivity contribution in [2.75, 3.05) is 11.4 Å². The molecule has 0 aromatic heterocycles. The summed E-state index contributed by atoms with van der Waals surface area (Å²) in [6.07, 6.45) is 0. The first-order valence-corrected chi connectivity index (χ1v) is 6.39. The SMILES string of the molecule is CCN(c1ccc(F)cc1)c1ccc(C)cc1CO. The van der Waals surface area contributed by atoms with Gasteiger partial charge in [0, 0.05) is 23.5 Å². The Bertz CT molecular complexity index is 551. The minimum atomic E-state index is -0.244. The second-order valence-corrected chi connectivity index (χ2v) is 4.51. The van der Waals surface area contributed by atoms with Crippen LogP contribution in [0.4, 0.5) is 15.8 Å². The number of hydrogen-bond acceptors (Lipinski definition) is 2. The maximum absolute atomic E-state index is 13.0. The lowest BCUT2D eigenvalue weighted by molar-refractivity contribution is 0.282. The molecule has 0 saturated heterocycles. The van der Waals surface area contributed by atoms with Crippen LogP contribution in [0.5, 0.6) is 0 Å². The minimum absolute atomic E-state index is 0.00525. The largest absolute Gasteiger partial charge is 0.392 e. The van der Waals surface area contributed by atoms with Gasteiger partial charge in [-0.1, -0.05) is 17.7 Å². The molecule has 0 spiro atoms. The van der Waals surface area contributed by atoms with E-state index in [1.165, 1.54) is 12.1 Å². The molecule has 0 saturated carbocycles. The highest BCUT2D eigenvalue weighted by molar-refractivity contribution is 5.66. The molecule has 0 radical (unpaired) electrons.